The summed E-state index contributed by atoms with van der Waals surface area (Å²) in [6.07, 6.45) is 15.2. The normalized spacial score (nSPS) is 20.6. The summed E-state index contributed by atoms with van der Waals surface area (Å²) in [5, 5.41) is 0. The molecule has 4 rings (SSSR count). The Hall–Kier alpha value is -2.22. The van der Waals surface area contributed by atoms with Gasteiger partial charge in [-0.1, -0.05) is 49.6 Å². The predicted octanol–water partition coefficient (Wildman–Crippen LogP) is 5.60. The van der Waals surface area contributed by atoms with Crippen LogP contribution in [-0.2, 0) is 6.42 Å². The van der Waals surface area contributed by atoms with Crippen LogP contribution in [0.3, 0.4) is 0 Å². The molecule has 128 valence electrons. The van der Waals surface area contributed by atoms with Gasteiger partial charge in [-0.05, 0) is 60.9 Å². The molecule has 2 nitrogen and oxygen atoms in total. The van der Waals surface area contributed by atoms with E-state index in [1.807, 2.05) is 30.6 Å². The minimum atomic E-state index is 0.287. The number of rotatable bonds is 5. The van der Waals surface area contributed by atoms with E-state index in [1.54, 1.807) is 5.56 Å². The molecule has 1 fully saturated rings. The van der Waals surface area contributed by atoms with Gasteiger partial charge in [-0.2, -0.15) is 0 Å². The molecule has 0 amide bonds. The van der Waals surface area contributed by atoms with E-state index in [4.69, 9.17) is 0 Å². The van der Waals surface area contributed by atoms with Crippen molar-refractivity contribution < 1.29 is 0 Å². The van der Waals surface area contributed by atoms with Crippen LogP contribution in [0.25, 0.3) is 5.57 Å². The lowest BCUT2D eigenvalue weighted by atomic mass is 9.84. The molecule has 1 atom stereocenters. The summed E-state index contributed by atoms with van der Waals surface area (Å²) in [7, 11) is 0. The number of allylic oxidation sites excluding steroid dienone is 1. The summed E-state index contributed by atoms with van der Waals surface area (Å²) in [6, 6.07) is 15.7. The Morgan fingerprint density at radius 1 is 0.920 bits per heavy atom. The van der Waals surface area contributed by atoms with Gasteiger partial charge in [0.25, 0.3) is 0 Å². The molecule has 1 saturated carbocycles. The number of aliphatic imine (C=N–C) groups is 1. The Kier molecular flexibility index (Phi) is 5.06. The average Bonchev–Trinajstić information content (AvgIpc) is 3.17. The van der Waals surface area contributed by atoms with Crippen LogP contribution in [0.4, 0.5) is 0 Å². The van der Waals surface area contributed by atoms with Crippen molar-refractivity contribution in [1.82, 2.24) is 4.98 Å². The maximum atomic E-state index is 4.64. The molecule has 1 aliphatic heterocycles. The third kappa shape index (κ3) is 4.07. The molecule has 2 aliphatic rings. The summed E-state index contributed by atoms with van der Waals surface area (Å²) < 4.78 is 0. The van der Waals surface area contributed by atoms with Crippen LogP contribution in [-0.4, -0.2) is 17.2 Å². The second-order valence-corrected chi connectivity index (χ2v) is 7.30. The first kappa shape index (κ1) is 16.3. The topological polar surface area (TPSA) is 25.2 Å². The van der Waals surface area contributed by atoms with Crippen LogP contribution < -0.4 is 0 Å². The Labute approximate surface area is 150 Å². The zero-order valence-corrected chi connectivity index (χ0v) is 14.8. The predicted molar refractivity (Wildman–Crippen MR) is 105 cm³/mol. The molecule has 1 aliphatic carbocycles. The van der Waals surface area contributed by atoms with E-state index in [9.17, 15) is 0 Å². The van der Waals surface area contributed by atoms with Crippen molar-refractivity contribution in [1.29, 1.82) is 0 Å². The quantitative estimate of drug-likeness (QED) is 0.700. The van der Waals surface area contributed by atoms with E-state index < -0.39 is 0 Å². The molecule has 2 aromatic rings. The zero-order chi connectivity index (χ0) is 16.9. The van der Waals surface area contributed by atoms with Gasteiger partial charge in [-0.25, -0.2) is 0 Å². The van der Waals surface area contributed by atoms with Crippen LogP contribution >= 0.6 is 0 Å². The second-order valence-electron chi connectivity index (χ2n) is 7.30. The average molecular weight is 330 g/mol. The lowest BCUT2D eigenvalue weighted by Gasteiger charge is -2.22. The maximum absolute atomic E-state index is 4.64. The molecular formula is C23H26N2. The highest BCUT2D eigenvalue weighted by Gasteiger charge is 2.16. The smallest absolute Gasteiger partial charge is 0.0714 e. The van der Waals surface area contributed by atoms with Crippen LogP contribution in [0.5, 0.6) is 0 Å². The summed E-state index contributed by atoms with van der Waals surface area (Å²) in [5.41, 5.74) is 5.14. The Morgan fingerprint density at radius 2 is 1.76 bits per heavy atom. The first-order valence-corrected chi connectivity index (χ1v) is 9.64. The van der Waals surface area contributed by atoms with Crippen molar-refractivity contribution in [2.75, 3.05) is 0 Å². The van der Waals surface area contributed by atoms with Gasteiger partial charge >= 0.3 is 0 Å². The molecule has 0 saturated heterocycles. The summed E-state index contributed by atoms with van der Waals surface area (Å²) in [4.78, 5) is 9.05. The monoisotopic (exact) mass is 330 g/mol. The number of hydrogen-bond acceptors (Lipinski definition) is 2. The maximum Gasteiger partial charge on any atom is 0.0714 e. The largest absolute Gasteiger partial charge is 0.285 e. The second kappa shape index (κ2) is 7.77. The number of aryl methyl sites for hydroxylation is 1. The lowest BCUT2D eigenvalue weighted by Crippen LogP contribution is -2.04. The highest BCUT2D eigenvalue weighted by Crippen LogP contribution is 2.32. The molecule has 0 bridgehead atoms. The number of hydrogen-bond donors (Lipinski definition) is 0. The highest BCUT2D eigenvalue weighted by molar-refractivity contribution is 6.11. The van der Waals surface area contributed by atoms with E-state index in [2.05, 4.69) is 40.3 Å². The molecule has 0 N–H and O–H groups in total. The van der Waals surface area contributed by atoms with E-state index in [0.717, 1.165) is 30.0 Å². The summed E-state index contributed by atoms with van der Waals surface area (Å²) in [5.74, 6) is 0.797. The molecule has 0 spiro atoms. The van der Waals surface area contributed by atoms with E-state index >= 15 is 0 Å². The fourth-order valence-electron chi connectivity index (χ4n) is 4.02. The van der Waals surface area contributed by atoms with Crippen molar-refractivity contribution in [3.63, 3.8) is 0 Å². The highest BCUT2D eigenvalue weighted by atomic mass is 14.8. The van der Waals surface area contributed by atoms with Crippen molar-refractivity contribution in [3.8, 4) is 0 Å². The van der Waals surface area contributed by atoms with Gasteiger partial charge in [0.05, 0.1) is 11.7 Å². The molecule has 0 radical (unpaired) electrons. The fourth-order valence-corrected chi connectivity index (χ4v) is 4.02. The van der Waals surface area contributed by atoms with Crippen molar-refractivity contribution >= 4 is 11.8 Å². The van der Waals surface area contributed by atoms with E-state index in [1.165, 1.54) is 37.7 Å². The molecule has 25 heavy (non-hydrogen) atoms. The molecule has 1 aromatic carbocycles. The van der Waals surface area contributed by atoms with Crippen LogP contribution in [0.15, 0.2) is 59.7 Å². The third-order valence-corrected chi connectivity index (χ3v) is 5.52. The van der Waals surface area contributed by atoms with E-state index in [-0.39, 0.29) is 6.04 Å². The Balaban J connectivity index is 1.33. The van der Waals surface area contributed by atoms with Gasteiger partial charge in [0.1, 0.15) is 0 Å². The first-order chi connectivity index (χ1) is 12.4. The van der Waals surface area contributed by atoms with Gasteiger partial charge in [0.15, 0.2) is 0 Å². The number of aromatic nitrogens is 1. The number of pyridine rings is 1. The standard InChI is InChI=1S/C23H26N2/c1-2-6-19(7-3-1)20-12-9-18(10-13-20)11-14-22-16-21(17-25-22)23-8-4-5-15-24-23/h4-5,8-10,12-13,15-17,19,22H,1-3,6-7,11,14H2. The zero-order valence-electron chi connectivity index (χ0n) is 14.8. The first-order valence-electron chi connectivity index (χ1n) is 9.64. The van der Waals surface area contributed by atoms with Crippen LogP contribution in [0, 0.1) is 0 Å². The molecule has 1 unspecified atom stereocenters. The Morgan fingerprint density at radius 3 is 2.52 bits per heavy atom. The van der Waals surface area contributed by atoms with Crippen molar-refractivity contribution in [2.45, 2.75) is 56.9 Å². The number of benzene rings is 1. The molecular weight excluding hydrogens is 304 g/mol. The minimum absolute atomic E-state index is 0.287. The van der Waals surface area contributed by atoms with Gasteiger partial charge in [-0.15, -0.1) is 0 Å². The Bertz CT molecular complexity index is 737. The van der Waals surface area contributed by atoms with E-state index in [0.29, 0.717) is 0 Å². The van der Waals surface area contributed by atoms with Gasteiger partial charge in [0.2, 0.25) is 0 Å². The molecule has 1 aromatic heterocycles. The van der Waals surface area contributed by atoms with Gasteiger partial charge < -0.3 is 0 Å². The van der Waals surface area contributed by atoms with Gasteiger partial charge in [0, 0.05) is 18.0 Å². The molecule has 2 heterocycles. The SMILES string of the molecule is C1=NC(CCc2ccc(C3CCCCC3)cc2)C=C1c1ccccn1. The van der Waals surface area contributed by atoms with Crippen LogP contribution in [0.2, 0.25) is 0 Å². The summed E-state index contributed by atoms with van der Waals surface area (Å²) in [6.45, 7) is 0. The van der Waals surface area contributed by atoms with Crippen molar-refractivity contribution in [2.24, 2.45) is 4.99 Å². The third-order valence-electron chi connectivity index (χ3n) is 5.52. The lowest BCUT2D eigenvalue weighted by molar-refractivity contribution is 0.443. The van der Waals surface area contributed by atoms with Crippen molar-refractivity contribution in [3.05, 3.63) is 71.6 Å². The summed E-state index contributed by atoms with van der Waals surface area (Å²) >= 11 is 0. The number of nitrogens with zero attached hydrogens (tertiary/aromatic N) is 2. The fraction of sp³-hybridized carbons (Fsp3) is 0.391. The minimum Gasteiger partial charge on any atom is -0.285 e. The molecule has 2 heteroatoms. The van der Waals surface area contributed by atoms with Crippen LogP contribution in [0.1, 0.15) is 61.3 Å². The van der Waals surface area contributed by atoms with Gasteiger partial charge in [-0.3, -0.25) is 9.98 Å².